The van der Waals surface area contributed by atoms with E-state index in [-0.39, 0.29) is 17.9 Å². The molecule has 4 N–H and O–H groups in total. The Morgan fingerprint density at radius 1 is 1.16 bits per heavy atom. The summed E-state index contributed by atoms with van der Waals surface area (Å²) in [4.78, 5) is 38.3. The predicted octanol–water partition coefficient (Wildman–Crippen LogP) is 2.55. The van der Waals surface area contributed by atoms with Crippen molar-refractivity contribution >= 4 is 28.8 Å². The first-order valence-corrected chi connectivity index (χ1v) is 12.0. The molecular formula is C26H30F3N5O4. The molecule has 1 aliphatic heterocycles. The molecule has 0 saturated carbocycles. The second kappa shape index (κ2) is 12.5. The molecule has 12 heteroatoms. The molecule has 0 aliphatic carbocycles. The van der Waals surface area contributed by atoms with Gasteiger partial charge in [0.15, 0.2) is 0 Å². The lowest BCUT2D eigenvalue weighted by molar-refractivity contribution is -0.192. The molecule has 3 aromatic rings. The molecular weight excluding hydrogens is 503 g/mol. The summed E-state index contributed by atoms with van der Waals surface area (Å²) in [6.45, 7) is 2.92. The van der Waals surface area contributed by atoms with Crippen LogP contribution >= 0.6 is 0 Å². The highest BCUT2D eigenvalue weighted by Crippen LogP contribution is 2.19. The van der Waals surface area contributed by atoms with Gasteiger partial charge in [0.25, 0.3) is 0 Å². The Morgan fingerprint density at radius 3 is 2.50 bits per heavy atom. The normalized spacial score (nSPS) is 17.8. The van der Waals surface area contributed by atoms with Crippen LogP contribution in [0.2, 0.25) is 0 Å². The number of carboxylic acids is 1. The van der Waals surface area contributed by atoms with E-state index in [1.807, 2.05) is 48.0 Å². The van der Waals surface area contributed by atoms with E-state index in [1.54, 1.807) is 13.3 Å². The van der Waals surface area contributed by atoms with Gasteiger partial charge in [0.2, 0.25) is 11.8 Å². The molecule has 2 amide bonds. The lowest BCUT2D eigenvalue weighted by Crippen LogP contribution is -2.49. The maximum absolute atomic E-state index is 12.6. The van der Waals surface area contributed by atoms with Gasteiger partial charge in [0, 0.05) is 13.6 Å². The molecule has 0 unspecified atom stereocenters. The number of carboxylic acid groups (broad SMARTS) is 1. The van der Waals surface area contributed by atoms with E-state index >= 15 is 0 Å². The fraction of sp³-hybridized carbons (Fsp3) is 0.385. The van der Waals surface area contributed by atoms with E-state index in [0.29, 0.717) is 12.5 Å². The van der Waals surface area contributed by atoms with E-state index in [0.717, 1.165) is 36.0 Å². The van der Waals surface area contributed by atoms with Gasteiger partial charge in [-0.15, -0.1) is 0 Å². The number of nitrogens with zero attached hydrogens (tertiary/aromatic N) is 2. The molecule has 1 saturated heterocycles. The van der Waals surface area contributed by atoms with E-state index in [1.165, 1.54) is 5.56 Å². The first-order chi connectivity index (χ1) is 17.9. The van der Waals surface area contributed by atoms with Crippen LogP contribution < -0.4 is 16.0 Å². The summed E-state index contributed by atoms with van der Waals surface area (Å²) in [6.07, 6.45) is -1.58. The van der Waals surface area contributed by atoms with Crippen LogP contribution in [-0.4, -0.2) is 57.2 Å². The molecule has 3 atom stereocenters. The van der Waals surface area contributed by atoms with Gasteiger partial charge in [-0.3, -0.25) is 9.59 Å². The first-order valence-electron chi connectivity index (χ1n) is 12.0. The number of amides is 2. The molecule has 9 nitrogen and oxygen atoms in total. The summed E-state index contributed by atoms with van der Waals surface area (Å²) in [5.41, 5.74) is 4.20. The third-order valence-corrected chi connectivity index (χ3v) is 6.16. The van der Waals surface area contributed by atoms with Gasteiger partial charge in [-0.2, -0.15) is 13.2 Å². The molecule has 2 aromatic carbocycles. The molecule has 38 heavy (non-hydrogen) atoms. The number of aromatic nitrogens is 2. The monoisotopic (exact) mass is 533 g/mol. The number of halogens is 3. The predicted molar refractivity (Wildman–Crippen MR) is 134 cm³/mol. The summed E-state index contributed by atoms with van der Waals surface area (Å²) < 4.78 is 33.7. The Morgan fingerprint density at radius 2 is 1.84 bits per heavy atom. The fourth-order valence-electron chi connectivity index (χ4n) is 4.13. The second-order valence-corrected chi connectivity index (χ2v) is 9.18. The zero-order chi connectivity index (χ0) is 27.9. The standard InChI is InChI=1S/C24H29N5O2.C2HF3O2/c1-16(23(30)26-13-18-8-9-22-20(11-18)27-15-29(22)2)28-24(31)21-12-19(14-25-21)10-17-6-4-3-5-7-17;3-2(4,5)1(6)7/h3-9,11,15-16,19,21,25H,10,12-14H2,1-2H3,(H,26,30)(H,28,31);(H,6,7)/t16-,19-,21+;/m0./s1. The van der Waals surface area contributed by atoms with Gasteiger partial charge in [0.05, 0.1) is 23.4 Å². The van der Waals surface area contributed by atoms with Crippen molar-refractivity contribution < 1.29 is 32.7 Å². The largest absolute Gasteiger partial charge is 0.490 e. The Hall–Kier alpha value is -3.93. The van der Waals surface area contributed by atoms with E-state index in [9.17, 15) is 22.8 Å². The van der Waals surface area contributed by atoms with Gasteiger partial charge in [-0.05, 0) is 55.5 Å². The van der Waals surface area contributed by atoms with Gasteiger partial charge in [-0.25, -0.2) is 9.78 Å². The number of benzene rings is 2. The average molecular weight is 534 g/mol. The molecule has 0 spiro atoms. The Balaban J connectivity index is 0.000000505. The molecule has 1 aromatic heterocycles. The molecule has 0 radical (unpaired) electrons. The van der Waals surface area contributed by atoms with Crippen LogP contribution in [0.5, 0.6) is 0 Å². The zero-order valence-electron chi connectivity index (χ0n) is 21.0. The lowest BCUT2D eigenvalue weighted by atomic mass is 9.96. The van der Waals surface area contributed by atoms with Crippen molar-refractivity contribution in [2.45, 2.75) is 44.6 Å². The van der Waals surface area contributed by atoms with E-state index in [2.05, 4.69) is 33.1 Å². The van der Waals surface area contributed by atoms with Crippen molar-refractivity contribution in [1.82, 2.24) is 25.5 Å². The average Bonchev–Trinajstić information content (AvgIpc) is 3.49. The number of carbonyl (C=O) groups excluding carboxylic acids is 2. The van der Waals surface area contributed by atoms with Crippen LogP contribution in [0.3, 0.4) is 0 Å². The summed E-state index contributed by atoms with van der Waals surface area (Å²) >= 11 is 0. The van der Waals surface area contributed by atoms with Crippen molar-refractivity contribution in [3.63, 3.8) is 0 Å². The number of alkyl halides is 3. The number of nitrogens with one attached hydrogen (secondary N) is 3. The molecule has 4 rings (SSSR count). The van der Waals surface area contributed by atoms with Crippen molar-refractivity contribution in [2.75, 3.05) is 6.54 Å². The SMILES string of the molecule is C[C@H](NC(=O)[C@H]1C[C@H](Cc2ccccc2)CN1)C(=O)NCc1ccc2c(c1)ncn2C.O=C(O)C(F)(F)F. The number of carbonyl (C=O) groups is 3. The summed E-state index contributed by atoms with van der Waals surface area (Å²) in [5, 5.41) is 16.2. The quantitative estimate of drug-likeness (QED) is 0.370. The Kier molecular flexibility index (Phi) is 9.45. The maximum atomic E-state index is 12.6. The van der Waals surface area contributed by atoms with Crippen LogP contribution in [0.4, 0.5) is 13.2 Å². The van der Waals surface area contributed by atoms with Crippen LogP contribution in [0.15, 0.2) is 54.9 Å². The molecule has 2 heterocycles. The minimum atomic E-state index is -5.08. The van der Waals surface area contributed by atoms with Crippen molar-refractivity contribution in [1.29, 1.82) is 0 Å². The number of hydrogen-bond acceptors (Lipinski definition) is 5. The maximum Gasteiger partial charge on any atom is 0.490 e. The van der Waals surface area contributed by atoms with Gasteiger partial charge in [-0.1, -0.05) is 36.4 Å². The van der Waals surface area contributed by atoms with Gasteiger partial charge < -0.3 is 25.6 Å². The number of aliphatic carboxylic acids is 1. The number of aryl methyl sites for hydroxylation is 1. The molecule has 0 bridgehead atoms. The Labute approximate surface area is 217 Å². The fourth-order valence-corrected chi connectivity index (χ4v) is 4.13. The third-order valence-electron chi connectivity index (χ3n) is 6.16. The lowest BCUT2D eigenvalue weighted by Gasteiger charge is -2.17. The Bertz CT molecular complexity index is 1260. The number of fused-ring (bicyclic) bond motifs is 1. The highest BCUT2D eigenvalue weighted by atomic mass is 19.4. The molecule has 1 fully saturated rings. The first kappa shape index (κ1) is 28.6. The number of imidazole rings is 1. The van der Waals surface area contributed by atoms with Crippen LogP contribution in [0.1, 0.15) is 24.5 Å². The zero-order valence-corrected chi connectivity index (χ0v) is 21.0. The summed E-state index contributed by atoms with van der Waals surface area (Å²) in [6, 6.07) is 15.4. The molecule has 1 aliphatic rings. The van der Waals surface area contributed by atoms with Gasteiger partial charge >= 0.3 is 12.1 Å². The number of hydrogen-bond donors (Lipinski definition) is 4. The highest BCUT2D eigenvalue weighted by molar-refractivity contribution is 5.89. The van der Waals surface area contributed by atoms with Crippen molar-refractivity contribution in [3.8, 4) is 0 Å². The van der Waals surface area contributed by atoms with E-state index < -0.39 is 18.2 Å². The number of rotatable bonds is 7. The third kappa shape index (κ3) is 8.04. The minimum Gasteiger partial charge on any atom is -0.475 e. The van der Waals surface area contributed by atoms with Crippen molar-refractivity contribution in [2.24, 2.45) is 13.0 Å². The molecule has 204 valence electrons. The highest BCUT2D eigenvalue weighted by Gasteiger charge is 2.38. The summed E-state index contributed by atoms with van der Waals surface area (Å²) in [7, 11) is 1.95. The summed E-state index contributed by atoms with van der Waals surface area (Å²) in [5.74, 6) is -2.65. The van der Waals surface area contributed by atoms with Crippen LogP contribution in [-0.2, 0) is 34.4 Å². The second-order valence-electron chi connectivity index (χ2n) is 9.18. The minimum absolute atomic E-state index is 0.117. The van der Waals surface area contributed by atoms with Gasteiger partial charge in [0.1, 0.15) is 6.04 Å². The van der Waals surface area contributed by atoms with Crippen molar-refractivity contribution in [3.05, 3.63) is 66.0 Å². The van der Waals surface area contributed by atoms with E-state index in [4.69, 9.17) is 9.90 Å². The topological polar surface area (TPSA) is 125 Å². The smallest absolute Gasteiger partial charge is 0.475 e. The van der Waals surface area contributed by atoms with Crippen LogP contribution in [0, 0.1) is 5.92 Å². The van der Waals surface area contributed by atoms with Crippen LogP contribution in [0.25, 0.3) is 11.0 Å².